The number of alkyl halides is 3. The van der Waals surface area contributed by atoms with Crippen molar-refractivity contribution in [3.8, 4) is 11.6 Å². The summed E-state index contributed by atoms with van der Waals surface area (Å²) < 4.78 is 81.2. The minimum Gasteiger partial charge on any atom is -0.437 e. The van der Waals surface area contributed by atoms with Gasteiger partial charge in [0.2, 0.25) is 0 Å². The van der Waals surface area contributed by atoms with Gasteiger partial charge in [-0.1, -0.05) is 18.6 Å². The maximum atomic E-state index is 15.0. The lowest BCUT2D eigenvalue weighted by Crippen LogP contribution is -2.21. The van der Waals surface area contributed by atoms with Gasteiger partial charge in [0.15, 0.2) is 5.69 Å². The molecule has 1 atom stereocenters. The lowest BCUT2D eigenvalue weighted by Gasteiger charge is -2.27. The van der Waals surface area contributed by atoms with Crippen LogP contribution < -0.4 is 10.1 Å². The summed E-state index contributed by atoms with van der Waals surface area (Å²) in [6, 6.07) is 8.68. The topological polar surface area (TPSA) is 105 Å². The number of benzene rings is 2. The Morgan fingerprint density at radius 2 is 1.84 bits per heavy atom. The van der Waals surface area contributed by atoms with E-state index in [9.17, 15) is 22.2 Å². The lowest BCUT2D eigenvalue weighted by molar-refractivity contribution is -0.142. The minimum absolute atomic E-state index is 0.00925. The van der Waals surface area contributed by atoms with Crippen LogP contribution >= 0.6 is 0 Å². The van der Waals surface area contributed by atoms with Gasteiger partial charge in [-0.05, 0) is 68.0 Å². The molecule has 1 aromatic heterocycles. The number of nitrogens with zero attached hydrogens (tertiary/aromatic N) is 2. The molecular formula is C25H24F4N4O3S. The SMILES string of the molecule is Cc1c(Oc2nnc(C(F)(F)F)c(C)c2C(=O)Nc2cccc(S(C)(=N)=O)c2)ccc(C2CCC2)c1F. The van der Waals surface area contributed by atoms with Gasteiger partial charge in [-0.2, -0.15) is 13.2 Å². The number of carbonyl (C=O) groups is 1. The second-order valence-electron chi connectivity index (χ2n) is 9.00. The van der Waals surface area contributed by atoms with Crippen molar-refractivity contribution >= 4 is 21.3 Å². The van der Waals surface area contributed by atoms with Crippen LogP contribution in [0.2, 0.25) is 0 Å². The fourth-order valence-electron chi connectivity index (χ4n) is 4.05. The van der Waals surface area contributed by atoms with Crippen molar-refractivity contribution in [1.82, 2.24) is 10.2 Å². The predicted molar refractivity (Wildman–Crippen MR) is 129 cm³/mol. The van der Waals surface area contributed by atoms with Crippen LogP contribution in [0.1, 0.15) is 57.9 Å². The molecule has 196 valence electrons. The lowest BCUT2D eigenvalue weighted by atomic mass is 9.79. The van der Waals surface area contributed by atoms with Crippen molar-refractivity contribution in [2.24, 2.45) is 0 Å². The first-order valence-corrected chi connectivity index (χ1v) is 13.3. The summed E-state index contributed by atoms with van der Waals surface area (Å²) in [5.41, 5.74) is -1.66. The molecule has 4 rings (SSSR count). The number of amides is 1. The van der Waals surface area contributed by atoms with Crippen LogP contribution in [0, 0.1) is 24.4 Å². The molecule has 0 aliphatic heterocycles. The smallest absolute Gasteiger partial charge is 0.435 e. The molecule has 1 aliphatic carbocycles. The van der Waals surface area contributed by atoms with Crippen molar-refractivity contribution in [3.63, 3.8) is 0 Å². The van der Waals surface area contributed by atoms with Gasteiger partial charge in [0, 0.05) is 22.4 Å². The summed E-state index contributed by atoms with van der Waals surface area (Å²) in [5.74, 6) is -1.90. The van der Waals surface area contributed by atoms with E-state index in [2.05, 4.69) is 15.5 Å². The van der Waals surface area contributed by atoms with Crippen LogP contribution in [0.3, 0.4) is 0 Å². The van der Waals surface area contributed by atoms with E-state index in [4.69, 9.17) is 9.52 Å². The van der Waals surface area contributed by atoms with E-state index in [-0.39, 0.29) is 27.8 Å². The molecule has 1 saturated carbocycles. The molecule has 2 aromatic carbocycles. The molecule has 7 nitrogen and oxygen atoms in total. The highest BCUT2D eigenvalue weighted by atomic mass is 32.2. The number of ether oxygens (including phenoxy) is 1. The number of hydrogen-bond donors (Lipinski definition) is 2. The molecule has 3 aromatic rings. The van der Waals surface area contributed by atoms with Gasteiger partial charge in [0.1, 0.15) is 17.1 Å². The third kappa shape index (κ3) is 5.43. The Kier molecular flexibility index (Phi) is 6.97. The molecule has 12 heteroatoms. The minimum atomic E-state index is -4.89. The van der Waals surface area contributed by atoms with Gasteiger partial charge >= 0.3 is 6.18 Å². The first-order valence-electron chi connectivity index (χ1n) is 11.3. The molecule has 0 radical (unpaired) electrons. The fraction of sp³-hybridized carbons (Fsp3) is 0.320. The van der Waals surface area contributed by atoms with Gasteiger partial charge in [-0.15, -0.1) is 10.2 Å². The Hall–Kier alpha value is -3.54. The van der Waals surface area contributed by atoms with Crippen molar-refractivity contribution in [2.45, 2.75) is 50.1 Å². The van der Waals surface area contributed by atoms with Crippen molar-refractivity contribution in [2.75, 3.05) is 11.6 Å². The maximum Gasteiger partial charge on any atom is 0.435 e. The van der Waals surface area contributed by atoms with E-state index in [1.165, 1.54) is 43.5 Å². The quantitative estimate of drug-likeness (QED) is 0.346. The van der Waals surface area contributed by atoms with E-state index < -0.39 is 50.3 Å². The summed E-state index contributed by atoms with van der Waals surface area (Å²) in [4.78, 5) is 13.3. The zero-order chi connectivity index (χ0) is 27.1. The number of nitrogens with one attached hydrogen (secondary N) is 2. The van der Waals surface area contributed by atoms with Gasteiger partial charge in [-0.3, -0.25) is 4.79 Å². The van der Waals surface area contributed by atoms with Crippen molar-refractivity contribution < 1.29 is 31.3 Å². The summed E-state index contributed by atoms with van der Waals surface area (Å²) >= 11 is 0. The van der Waals surface area contributed by atoms with Crippen LogP contribution in [-0.2, 0) is 15.9 Å². The molecule has 0 bridgehead atoms. The highest BCUT2D eigenvalue weighted by Gasteiger charge is 2.38. The van der Waals surface area contributed by atoms with Crippen LogP contribution in [0.15, 0.2) is 41.3 Å². The van der Waals surface area contributed by atoms with Crippen LogP contribution in [0.25, 0.3) is 0 Å². The van der Waals surface area contributed by atoms with Crippen LogP contribution in [0.5, 0.6) is 11.6 Å². The number of halogens is 4. The Balaban J connectivity index is 1.75. The Bertz CT molecular complexity index is 1490. The van der Waals surface area contributed by atoms with Crippen LogP contribution in [-0.4, -0.2) is 26.6 Å². The van der Waals surface area contributed by atoms with E-state index in [0.29, 0.717) is 5.56 Å². The molecule has 1 aliphatic rings. The number of anilines is 1. The zero-order valence-corrected chi connectivity index (χ0v) is 21.0. The largest absolute Gasteiger partial charge is 0.437 e. The van der Waals surface area contributed by atoms with E-state index in [1.54, 1.807) is 6.07 Å². The van der Waals surface area contributed by atoms with E-state index in [0.717, 1.165) is 26.2 Å². The van der Waals surface area contributed by atoms with Gasteiger partial charge in [-0.25, -0.2) is 13.4 Å². The maximum absolute atomic E-state index is 15.0. The molecular weight excluding hydrogens is 512 g/mol. The number of rotatable bonds is 6. The number of hydrogen-bond acceptors (Lipinski definition) is 6. The third-order valence-electron chi connectivity index (χ3n) is 6.34. The van der Waals surface area contributed by atoms with E-state index >= 15 is 4.39 Å². The van der Waals surface area contributed by atoms with Gasteiger partial charge in [0.25, 0.3) is 11.8 Å². The standard InChI is InChI=1S/C25H24F4N4O3S/c1-13-19(11-10-18(21(13)26)15-6-4-7-15)36-24-20(14(2)22(32-33-24)25(27,28)29)23(34)31-16-8-5-9-17(12-16)37(3,30)35/h5,8-12,15,30H,4,6-7H2,1-3H3,(H,31,34). The van der Waals surface area contributed by atoms with Gasteiger partial charge in [0.05, 0.1) is 9.73 Å². The normalized spacial score (nSPS) is 15.5. The first-order chi connectivity index (χ1) is 17.3. The molecule has 1 amide bonds. The highest BCUT2D eigenvalue weighted by Crippen LogP contribution is 2.41. The molecule has 0 saturated heterocycles. The summed E-state index contributed by atoms with van der Waals surface area (Å²) in [5, 5.41) is 9.20. The Morgan fingerprint density at radius 3 is 2.43 bits per heavy atom. The average molecular weight is 537 g/mol. The monoisotopic (exact) mass is 536 g/mol. The molecule has 37 heavy (non-hydrogen) atoms. The second-order valence-corrected chi connectivity index (χ2v) is 11.2. The van der Waals surface area contributed by atoms with Crippen molar-refractivity contribution in [1.29, 1.82) is 4.78 Å². The highest BCUT2D eigenvalue weighted by molar-refractivity contribution is 7.91. The average Bonchev–Trinajstić information content (AvgIpc) is 2.76. The molecule has 1 unspecified atom stereocenters. The van der Waals surface area contributed by atoms with Crippen LogP contribution in [0.4, 0.5) is 23.2 Å². The Morgan fingerprint density at radius 1 is 1.14 bits per heavy atom. The number of carbonyl (C=O) groups excluding carboxylic acids is 1. The van der Waals surface area contributed by atoms with Crippen molar-refractivity contribution in [3.05, 3.63) is 70.2 Å². The molecule has 1 fully saturated rings. The zero-order valence-electron chi connectivity index (χ0n) is 20.2. The van der Waals surface area contributed by atoms with E-state index in [1.807, 2.05) is 0 Å². The summed E-state index contributed by atoms with van der Waals surface area (Å²) in [6.45, 7) is 2.54. The van der Waals surface area contributed by atoms with Gasteiger partial charge < -0.3 is 10.1 Å². The Labute approximate surface area is 211 Å². The second kappa shape index (κ2) is 9.73. The molecule has 0 spiro atoms. The third-order valence-corrected chi connectivity index (χ3v) is 7.49. The first kappa shape index (κ1) is 26.5. The predicted octanol–water partition coefficient (Wildman–Crippen LogP) is 6.60. The molecule has 1 heterocycles. The summed E-state index contributed by atoms with van der Waals surface area (Å²) in [6.07, 6.45) is -0.932. The fourth-order valence-corrected chi connectivity index (χ4v) is 4.74. The number of aromatic nitrogens is 2. The summed E-state index contributed by atoms with van der Waals surface area (Å²) in [7, 11) is -3.11. The molecule has 2 N–H and O–H groups in total.